The number of anilines is 2. The minimum atomic E-state index is -0.495. The van der Waals surface area contributed by atoms with E-state index in [9.17, 15) is 9.18 Å². The standard InChI is InChI=1S/C16H16FN5OS/c17-11-7-19-14(21-15(23)10-3-4-10)13-12(11)20-16(24-13)22-5-1-2-9(6-18)8-22/h7,9-10H,1-5,8H2,(H,19,21,23)/t9-/m1/s1. The zero-order valence-electron chi connectivity index (χ0n) is 13.0. The predicted molar refractivity (Wildman–Crippen MR) is 89.3 cm³/mol. The van der Waals surface area contributed by atoms with Crippen molar-refractivity contribution in [2.45, 2.75) is 25.7 Å². The van der Waals surface area contributed by atoms with Crippen LogP contribution in [0.25, 0.3) is 10.2 Å². The molecule has 3 heterocycles. The highest BCUT2D eigenvalue weighted by molar-refractivity contribution is 7.22. The Morgan fingerprint density at radius 2 is 2.29 bits per heavy atom. The van der Waals surface area contributed by atoms with Crippen molar-refractivity contribution in [2.24, 2.45) is 11.8 Å². The number of nitrogens with zero attached hydrogens (tertiary/aromatic N) is 4. The van der Waals surface area contributed by atoms with Gasteiger partial charge >= 0.3 is 0 Å². The largest absolute Gasteiger partial charge is 0.347 e. The number of amides is 1. The molecule has 2 aromatic rings. The monoisotopic (exact) mass is 345 g/mol. The Labute approximate surface area is 142 Å². The van der Waals surface area contributed by atoms with Crippen molar-refractivity contribution in [1.29, 1.82) is 5.26 Å². The molecule has 124 valence electrons. The number of piperidine rings is 1. The molecule has 1 amide bonds. The van der Waals surface area contributed by atoms with E-state index in [1.807, 2.05) is 4.90 Å². The molecule has 4 rings (SSSR count). The molecule has 1 saturated heterocycles. The summed E-state index contributed by atoms with van der Waals surface area (Å²) in [6.45, 7) is 1.41. The molecule has 0 radical (unpaired) electrons. The third kappa shape index (κ3) is 2.80. The molecule has 0 aromatic carbocycles. The van der Waals surface area contributed by atoms with Gasteiger partial charge in [-0.1, -0.05) is 11.3 Å². The number of aromatic nitrogens is 2. The van der Waals surface area contributed by atoms with Crippen LogP contribution < -0.4 is 10.2 Å². The van der Waals surface area contributed by atoms with E-state index in [0.717, 1.165) is 38.4 Å². The maximum Gasteiger partial charge on any atom is 0.228 e. The lowest BCUT2D eigenvalue weighted by Gasteiger charge is -2.28. The van der Waals surface area contributed by atoms with Gasteiger partial charge in [-0.05, 0) is 25.7 Å². The number of nitrogens with one attached hydrogen (secondary N) is 1. The van der Waals surface area contributed by atoms with E-state index in [4.69, 9.17) is 5.26 Å². The molecular formula is C16H16FN5OS. The molecule has 2 fully saturated rings. The molecule has 1 aliphatic heterocycles. The van der Waals surface area contributed by atoms with Crippen LogP contribution in [0.5, 0.6) is 0 Å². The average Bonchev–Trinajstić information content (AvgIpc) is 3.35. The van der Waals surface area contributed by atoms with Crippen molar-refractivity contribution in [3.05, 3.63) is 12.0 Å². The summed E-state index contributed by atoms with van der Waals surface area (Å²) < 4.78 is 14.6. The van der Waals surface area contributed by atoms with Gasteiger partial charge < -0.3 is 10.2 Å². The Balaban J connectivity index is 1.67. The summed E-state index contributed by atoms with van der Waals surface area (Å²) in [6.07, 6.45) is 4.69. The smallest absolute Gasteiger partial charge is 0.228 e. The summed E-state index contributed by atoms with van der Waals surface area (Å²) in [5.74, 6) is -0.153. The van der Waals surface area contributed by atoms with Crippen molar-refractivity contribution in [1.82, 2.24) is 9.97 Å². The van der Waals surface area contributed by atoms with E-state index < -0.39 is 5.82 Å². The molecular weight excluding hydrogens is 329 g/mol. The van der Waals surface area contributed by atoms with Gasteiger partial charge in [0.05, 0.1) is 18.2 Å². The number of fused-ring (bicyclic) bond motifs is 1. The number of rotatable bonds is 3. The normalized spacial score (nSPS) is 20.8. The van der Waals surface area contributed by atoms with E-state index in [1.54, 1.807) is 0 Å². The zero-order chi connectivity index (χ0) is 16.7. The van der Waals surface area contributed by atoms with Gasteiger partial charge in [0.25, 0.3) is 0 Å². The second kappa shape index (κ2) is 5.98. The fourth-order valence-corrected chi connectivity index (χ4v) is 3.97. The van der Waals surface area contributed by atoms with Gasteiger partial charge in [0, 0.05) is 19.0 Å². The molecule has 2 aliphatic rings. The summed E-state index contributed by atoms with van der Waals surface area (Å²) in [5, 5.41) is 12.6. The van der Waals surface area contributed by atoms with Crippen LogP contribution in [0.3, 0.4) is 0 Å². The number of pyridine rings is 1. The van der Waals surface area contributed by atoms with Gasteiger partial charge in [0.2, 0.25) is 5.91 Å². The first-order valence-electron chi connectivity index (χ1n) is 8.06. The van der Waals surface area contributed by atoms with Crippen molar-refractivity contribution in [2.75, 3.05) is 23.3 Å². The Morgan fingerprint density at radius 1 is 1.46 bits per heavy atom. The third-order valence-corrected chi connectivity index (χ3v) is 5.55. The number of carbonyl (C=O) groups is 1. The molecule has 0 spiro atoms. The highest BCUT2D eigenvalue weighted by Crippen LogP contribution is 2.37. The van der Waals surface area contributed by atoms with Crippen molar-refractivity contribution >= 4 is 38.4 Å². The van der Waals surface area contributed by atoms with E-state index >= 15 is 0 Å². The van der Waals surface area contributed by atoms with E-state index in [2.05, 4.69) is 21.4 Å². The average molecular weight is 345 g/mol. The van der Waals surface area contributed by atoms with Gasteiger partial charge in [-0.25, -0.2) is 14.4 Å². The summed E-state index contributed by atoms with van der Waals surface area (Å²) >= 11 is 1.32. The Kier molecular flexibility index (Phi) is 3.81. The van der Waals surface area contributed by atoms with E-state index in [0.29, 0.717) is 22.2 Å². The molecule has 0 bridgehead atoms. The van der Waals surface area contributed by atoms with Gasteiger partial charge in [-0.3, -0.25) is 4.79 Å². The van der Waals surface area contributed by atoms with Gasteiger partial charge in [-0.2, -0.15) is 5.26 Å². The van der Waals surface area contributed by atoms with Crippen LogP contribution in [-0.2, 0) is 4.79 Å². The second-order valence-electron chi connectivity index (χ2n) is 6.31. The SMILES string of the molecule is N#C[C@H]1CCCN(c2nc3c(F)cnc(NC(=O)C4CC4)c3s2)C1. The number of nitriles is 1. The van der Waals surface area contributed by atoms with Crippen LogP contribution in [0.15, 0.2) is 6.20 Å². The molecule has 1 N–H and O–H groups in total. The first-order valence-corrected chi connectivity index (χ1v) is 8.88. The predicted octanol–water partition coefficient (Wildman–Crippen LogP) is 2.92. The van der Waals surface area contributed by atoms with Crippen LogP contribution in [0.1, 0.15) is 25.7 Å². The Bertz CT molecular complexity index is 841. The summed E-state index contributed by atoms with van der Waals surface area (Å²) in [4.78, 5) is 22.4. The molecule has 1 saturated carbocycles. The maximum absolute atomic E-state index is 14.1. The van der Waals surface area contributed by atoms with Gasteiger partial charge in [-0.15, -0.1) is 0 Å². The molecule has 0 unspecified atom stereocenters. The zero-order valence-corrected chi connectivity index (χ0v) is 13.8. The Hall–Kier alpha value is -2.27. The quantitative estimate of drug-likeness (QED) is 0.925. The first kappa shape index (κ1) is 15.3. The van der Waals surface area contributed by atoms with Crippen LogP contribution >= 0.6 is 11.3 Å². The molecule has 6 nitrogen and oxygen atoms in total. The highest BCUT2D eigenvalue weighted by atomic mass is 32.1. The van der Waals surface area contributed by atoms with Crippen LogP contribution in [0.2, 0.25) is 0 Å². The maximum atomic E-state index is 14.1. The topological polar surface area (TPSA) is 81.9 Å². The summed E-state index contributed by atoms with van der Waals surface area (Å²) in [6, 6.07) is 2.30. The summed E-state index contributed by atoms with van der Waals surface area (Å²) in [7, 11) is 0. The Morgan fingerprint density at radius 3 is 3.04 bits per heavy atom. The van der Waals surface area contributed by atoms with Crippen molar-refractivity contribution in [3.63, 3.8) is 0 Å². The minimum Gasteiger partial charge on any atom is -0.347 e. The number of thiazole rings is 1. The molecule has 24 heavy (non-hydrogen) atoms. The molecule has 1 atom stereocenters. The lowest BCUT2D eigenvalue weighted by atomic mass is 10.0. The van der Waals surface area contributed by atoms with E-state index in [-0.39, 0.29) is 23.3 Å². The van der Waals surface area contributed by atoms with Crippen molar-refractivity contribution < 1.29 is 9.18 Å². The number of hydrogen-bond donors (Lipinski definition) is 1. The highest BCUT2D eigenvalue weighted by Gasteiger charge is 2.31. The molecule has 1 aliphatic carbocycles. The van der Waals surface area contributed by atoms with E-state index in [1.165, 1.54) is 11.3 Å². The molecule has 8 heteroatoms. The molecule has 2 aromatic heterocycles. The third-order valence-electron chi connectivity index (χ3n) is 4.43. The summed E-state index contributed by atoms with van der Waals surface area (Å²) in [5.41, 5.74) is 0.232. The second-order valence-corrected chi connectivity index (χ2v) is 7.28. The lowest BCUT2D eigenvalue weighted by molar-refractivity contribution is -0.117. The number of carbonyl (C=O) groups excluding carboxylic acids is 1. The lowest BCUT2D eigenvalue weighted by Crippen LogP contribution is -2.34. The van der Waals surface area contributed by atoms with Crippen LogP contribution in [0, 0.1) is 29.0 Å². The number of hydrogen-bond acceptors (Lipinski definition) is 6. The fourth-order valence-electron chi connectivity index (χ4n) is 2.92. The minimum absolute atomic E-state index is 0.0252. The van der Waals surface area contributed by atoms with Crippen LogP contribution in [0.4, 0.5) is 15.3 Å². The van der Waals surface area contributed by atoms with Gasteiger partial charge in [0.1, 0.15) is 10.2 Å². The first-order chi connectivity index (χ1) is 11.7. The number of halogens is 1. The van der Waals surface area contributed by atoms with Crippen molar-refractivity contribution in [3.8, 4) is 6.07 Å². The van der Waals surface area contributed by atoms with Gasteiger partial charge in [0.15, 0.2) is 16.8 Å². The van der Waals surface area contributed by atoms with Crippen LogP contribution in [-0.4, -0.2) is 29.0 Å². The fraction of sp³-hybridized carbons (Fsp3) is 0.500.